The lowest BCUT2D eigenvalue weighted by Gasteiger charge is -2.69. The number of ether oxygens (including phenoxy) is 4. The highest BCUT2D eigenvalue weighted by Crippen LogP contribution is 2.71. The normalized spacial score (nSPS) is 28.7. The third kappa shape index (κ3) is 13.0. The summed E-state index contributed by atoms with van der Waals surface area (Å²) in [4.78, 5) is 124. The Labute approximate surface area is 551 Å². The monoisotopic (exact) mass is 1300 g/mol. The summed E-state index contributed by atoms with van der Waals surface area (Å²) in [5.41, 5.74) is 10.1. The average Bonchev–Trinajstić information content (AvgIpc) is 1.61. The number of carboxylic acid groups (broad SMARTS) is 1. The van der Waals surface area contributed by atoms with Crippen molar-refractivity contribution < 1.29 is 72.3 Å². The van der Waals surface area contributed by atoms with E-state index >= 15 is 0 Å². The van der Waals surface area contributed by atoms with Crippen LogP contribution in [-0.2, 0) is 72.1 Å². The average molecular weight is 1300 g/mol. The number of para-hydroxylation sites is 1. The zero-order valence-electron chi connectivity index (χ0n) is 53.9. The van der Waals surface area contributed by atoms with E-state index in [2.05, 4.69) is 46.8 Å². The number of nitrogens with one attached hydrogen (secondary N) is 3. The number of carbonyl (C=O) groups is 9. The summed E-state index contributed by atoms with van der Waals surface area (Å²) in [6.45, 7) is 2.95. The minimum Gasteiger partial charge on any atom is -0.481 e. The van der Waals surface area contributed by atoms with Crippen molar-refractivity contribution in [2.75, 3.05) is 50.6 Å². The topological polar surface area (TPSA) is 303 Å². The number of carbonyl (C=O) groups excluding carboxylic acids is 8. The lowest BCUT2D eigenvalue weighted by molar-refractivity contribution is -0.201. The van der Waals surface area contributed by atoms with Crippen molar-refractivity contribution in [1.29, 1.82) is 0 Å². The Morgan fingerprint density at radius 1 is 0.832 bits per heavy atom. The molecule has 2 aliphatic heterocycles. The number of aliphatic hydroxyl groups excluding tert-OH is 1. The number of allylic oxidation sites excluding steroid dienone is 4. The third-order valence-corrected chi connectivity index (χ3v) is 21.5. The maximum Gasteiger partial charge on any atom is 0.409 e. The molecule has 9 aliphatic rings. The van der Waals surface area contributed by atoms with Gasteiger partial charge in [0.15, 0.2) is 23.5 Å². The molecule has 0 radical (unpaired) electrons. The van der Waals surface area contributed by atoms with Gasteiger partial charge >= 0.3 is 18.2 Å². The van der Waals surface area contributed by atoms with Crippen LogP contribution in [0.3, 0.4) is 0 Å². The molecule has 2 heterocycles. The van der Waals surface area contributed by atoms with Crippen LogP contribution in [0.15, 0.2) is 121 Å². The summed E-state index contributed by atoms with van der Waals surface area (Å²) in [7, 11) is 3.09. The number of ketones is 2. The molecule has 22 heteroatoms. The number of fused-ring (bicyclic) bond motifs is 9. The largest absolute Gasteiger partial charge is 0.481 e. The number of hydrogen-bond donors (Lipinski definition) is 6. The van der Waals surface area contributed by atoms with Gasteiger partial charge in [-0.1, -0.05) is 104 Å². The first-order chi connectivity index (χ1) is 45.4. The molecule has 0 spiro atoms. The van der Waals surface area contributed by atoms with Crippen molar-refractivity contribution in [2.24, 2.45) is 39.7 Å². The van der Waals surface area contributed by atoms with Crippen LogP contribution in [0.4, 0.5) is 21.0 Å². The highest BCUT2D eigenvalue weighted by atomic mass is 16.7. The number of carboxylic acids is 1. The van der Waals surface area contributed by atoms with Crippen LogP contribution >= 0.6 is 0 Å². The molecule has 10 atom stereocenters. The molecule has 2 bridgehead atoms. The van der Waals surface area contributed by atoms with Crippen LogP contribution in [0.5, 0.6) is 0 Å². The van der Waals surface area contributed by atoms with E-state index in [9.17, 15) is 53.4 Å². The molecular weight excluding hydrogens is 1210 g/mol. The number of amides is 6. The smallest absolute Gasteiger partial charge is 0.409 e. The minimum atomic E-state index is -1.56. The van der Waals surface area contributed by atoms with Crippen LogP contribution in [0.1, 0.15) is 124 Å². The number of nitrogens with two attached hydrogens (primary N) is 1. The number of Topliss-reactive ketones (excluding diaryl/α,β-unsaturated/α-hetero) is 1. The molecule has 1 saturated heterocycles. The van der Waals surface area contributed by atoms with Gasteiger partial charge in [-0.2, -0.15) is 0 Å². The zero-order chi connectivity index (χ0) is 67.2. The number of nitrogens with zero attached hydrogens (tertiary/aromatic N) is 3. The molecule has 7 fully saturated rings. The predicted octanol–water partition coefficient (Wildman–Crippen LogP) is 7.19. The second-order valence-electron chi connectivity index (χ2n) is 27.8. The molecule has 13 rings (SSSR count). The summed E-state index contributed by atoms with van der Waals surface area (Å²) in [6, 6.07) is 27.9. The van der Waals surface area contributed by atoms with Crippen molar-refractivity contribution in [3.63, 3.8) is 0 Å². The fourth-order valence-corrected chi connectivity index (χ4v) is 16.9. The molecule has 6 amide bonds. The van der Waals surface area contributed by atoms with E-state index in [-0.39, 0.29) is 92.3 Å². The first-order valence-corrected chi connectivity index (χ1v) is 32.7. The molecule has 4 aromatic rings. The number of aliphatic carboxylic acids is 1. The molecule has 22 nitrogen and oxygen atoms in total. The summed E-state index contributed by atoms with van der Waals surface area (Å²) < 4.78 is 26.0. The van der Waals surface area contributed by atoms with E-state index < -0.39 is 102 Å². The van der Waals surface area contributed by atoms with E-state index in [1.54, 1.807) is 60.5 Å². The number of likely N-dealkylation sites (N-methyl/N-ethyl adjacent to an activating group) is 2. The van der Waals surface area contributed by atoms with Gasteiger partial charge in [0.25, 0.3) is 0 Å². The Balaban J connectivity index is 0.622. The van der Waals surface area contributed by atoms with E-state index in [0.29, 0.717) is 41.8 Å². The third-order valence-electron chi connectivity index (χ3n) is 21.5. The molecule has 6 saturated carbocycles. The Morgan fingerprint density at radius 2 is 1.52 bits per heavy atom. The van der Waals surface area contributed by atoms with E-state index in [1.807, 2.05) is 61.5 Å². The van der Waals surface area contributed by atoms with Crippen LogP contribution in [0.25, 0.3) is 0 Å². The molecule has 0 aromatic heterocycles. The molecule has 498 valence electrons. The van der Waals surface area contributed by atoms with Crippen LogP contribution in [-0.4, -0.2) is 143 Å². The van der Waals surface area contributed by atoms with Crippen molar-refractivity contribution in [3.8, 4) is 11.8 Å². The maximum atomic E-state index is 14.5. The van der Waals surface area contributed by atoms with Crippen molar-refractivity contribution in [3.05, 3.63) is 154 Å². The summed E-state index contributed by atoms with van der Waals surface area (Å²) in [5, 5.41) is 27.8. The van der Waals surface area contributed by atoms with Gasteiger partial charge in [-0.25, -0.2) is 9.59 Å². The van der Waals surface area contributed by atoms with Gasteiger partial charge in [0.2, 0.25) is 23.6 Å². The van der Waals surface area contributed by atoms with Gasteiger partial charge < -0.3 is 65.5 Å². The molecular formula is C73H81N7O15. The first kappa shape index (κ1) is 66.0. The van der Waals surface area contributed by atoms with Crippen LogP contribution in [0.2, 0.25) is 0 Å². The summed E-state index contributed by atoms with van der Waals surface area (Å²) in [6.07, 6.45) is 6.42. The molecule has 95 heavy (non-hydrogen) atoms. The second kappa shape index (κ2) is 26.3. The fourth-order valence-electron chi connectivity index (χ4n) is 16.9. The Bertz CT molecular complexity index is 3860. The number of aliphatic hydroxyl groups is 1. The number of rotatable bonds is 22. The number of benzene rings is 4. The van der Waals surface area contributed by atoms with Gasteiger partial charge in [0, 0.05) is 91.1 Å². The lowest BCUT2D eigenvalue weighted by atomic mass is 9.38. The Hall–Kier alpha value is -9.01. The van der Waals surface area contributed by atoms with Crippen molar-refractivity contribution in [1.82, 2.24) is 20.4 Å². The van der Waals surface area contributed by atoms with Gasteiger partial charge in [0.05, 0.1) is 24.9 Å². The fraction of sp³-hybridized carbons (Fsp3) is 0.466. The Kier molecular flexibility index (Phi) is 18.3. The number of hydrogen-bond acceptors (Lipinski definition) is 15. The van der Waals surface area contributed by atoms with Gasteiger partial charge in [-0.3, -0.25) is 33.6 Å². The highest BCUT2D eigenvalue weighted by Gasteiger charge is 2.76. The lowest BCUT2D eigenvalue weighted by Crippen LogP contribution is -2.72. The predicted molar refractivity (Wildman–Crippen MR) is 346 cm³/mol. The maximum absolute atomic E-state index is 14.5. The number of anilines is 2. The molecule has 4 aromatic carbocycles. The summed E-state index contributed by atoms with van der Waals surface area (Å²) in [5.74, 6) is 1.60. The molecule has 7 N–H and O–H groups in total. The van der Waals surface area contributed by atoms with E-state index in [0.717, 1.165) is 47.9 Å². The highest BCUT2D eigenvalue weighted by molar-refractivity contribution is 6.01. The molecule has 7 aliphatic carbocycles. The van der Waals surface area contributed by atoms with E-state index in [1.165, 1.54) is 22.4 Å². The van der Waals surface area contributed by atoms with Gasteiger partial charge in [-0.15, -0.1) is 0 Å². The van der Waals surface area contributed by atoms with Crippen LogP contribution < -0.4 is 26.6 Å². The molecule has 0 unspecified atom stereocenters. The summed E-state index contributed by atoms with van der Waals surface area (Å²) >= 11 is 0. The van der Waals surface area contributed by atoms with E-state index in [4.69, 9.17) is 24.7 Å². The van der Waals surface area contributed by atoms with Crippen molar-refractivity contribution in [2.45, 2.75) is 140 Å². The quantitative estimate of drug-likeness (QED) is 0.0424. The van der Waals surface area contributed by atoms with Gasteiger partial charge in [0.1, 0.15) is 25.4 Å². The Morgan fingerprint density at radius 3 is 2.23 bits per heavy atom. The minimum absolute atomic E-state index is 0.00858. The SMILES string of the molecule is CN(CCN(C)C(=O)O[C@H]1C[C@@]2(C)[C@@H](C[C@H]3O[C@@H](c4ccc(CC56CC(N)(C5)C6)cc4)O[C@]32C(=O)CO)[C@@H]2CCC3=CC(=O)C=C[C@]3(C)[C@H]21)C(=O)OCc1ccc(NC(=O)[C@H](CCC(=O)O)NC(=O)CNC(=O)CCC(=O)N2Cc3ccccc3C#Cc3ccccc32)cc1. The van der Waals surface area contributed by atoms with Gasteiger partial charge in [-0.05, 0) is 134 Å². The second-order valence-corrected chi connectivity index (χ2v) is 27.8. The first-order valence-electron chi connectivity index (χ1n) is 32.7. The van der Waals surface area contributed by atoms with Crippen molar-refractivity contribution >= 4 is 64.7 Å². The van der Waals surface area contributed by atoms with Crippen LogP contribution in [0, 0.1) is 45.8 Å². The zero-order valence-corrected chi connectivity index (χ0v) is 53.9. The standard InChI is InChI=1S/C73H81N7O15/c1-69-30-29-52(82)33-50(69)21-24-53-54-34-59-73(58(83)39-81,95-66(94-59)48-17-13-44(14-18-48)35-71-41-72(74,42-71)43-71)70(54,2)36-57(64(53)69)93-68(91)79(4)32-31-78(3)67(90)92-40-45-15-22-51(23-16-45)76-65(89)55(25-28-63(87)88)77-61(85)37-75-60(84)26-27-62(86)80-38-49-11-6-5-9-46(49)19-20-47-10-7-8-12-56(47)80/h5-18,22-23,29-30,33,53-55,57,59,64,66,81H,21,24-28,31-32,34-43,74H2,1-4H3,(H,75,84)(H,76,89)(H,77,85)(H,87,88)/t53-,54-,55-,57-,59+,64+,66+,69-,70-,71?,72?,73+/m0/s1.